The zero-order chi connectivity index (χ0) is 13.9. The van der Waals surface area contributed by atoms with Crippen LogP contribution in [0.15, 0.2) is 11.8 Å². The van der Waals surface area contributed by atoms with Crippen LogP contribution >= 0.6 is 0 Å². The quantitative estimate of drug-likeness (QED) is 0.515. The van der Waals surface area contributed by atoms with Crippen molar-refractivity contribution in [2.45, 2.75) is 43.9 Å². The summed E-state index contributed by atoms with van der Waals surface area (Å²) in [7, 11) is 0. The fraction of sp³-hybridized carbons (Fsp3) is 0.571. The monoisotopic (exact) mass is 264 g/mol. The predicted octanol–water partition coefficient (Wildman–Crippen LogP) is -0.483. The van der Waals surface area contributed by atoms with E-state index in [-0.39, 0.29) is 12.4 Å². The summed E-state index contributed by atoms with van der Waals surface area (Å²) in [6.45, 7) is 1.74. The van der Waals surface area contributed by atoms with Crippen LogP contribution in [0.1, 0.15) is 19.8 Å². The second-order valence-electron chi connectivity index (χ2n) is 4.50. The molecule has 2 heterocycles. The van der Waals surface area contributed by atoms with Crippen LogP contribution in [0.2, 0.25) is 0 Å². The molecule has 2 saturated heterocycles. The van der Waals surface area contributed by atoms with Gasteiger partial charge in [0.1, 0.15) is 11.9 Å². The lowest BCUT2D eigenvalue weighted by Gasteiger charge is -2.36. The van der Waals surface area contributed by atoms with E-state index in [9.17, 15) is 15.3 Å². The molecule has 2 aliphatic heterocycles. The maximum Gasteiger partial charge on any atom is 0.239 e. The number of aliphatic hydroxyl groups is 3. The summed E-state index contributed by atoms with van der Waals surface area (Å²) in [5.41, 5.74) is 0. The van der Waals surface area contributed by atoms with Crippen LogP contribution in [0.3, 0.4) is 0 Å². The van der Waals surface area contributed by atoms with Crippen molar-refractivity contribution in [3.63, 3.8) is 0 Å². The summed E-state index contributed by atoms with van der Waals surface area (Å²) in [6, 6.07) is 0. The van der Waals surface area contributed by atoms with Gasteiger partial charge in [0.15, 0.2) is 6.10 Å². The van der Waals surface area contributed by atoms with Gasteiger partial charge in [-0.15, -0.1) is 0 Å². The van der Waals surface area contributed by atoms with Gasteiger partial charge >= 0.3 is 0 Å². The Bertz CT molecular complexity index is 479. The molecule has 5 nitrogen and oxygen atoms in total. The van der Waals surface area contributed by atoms with E-state index in [0.717, 1.165) is 0 Å². The molecule has 0 saturated carbocycles. The van der Waals surface area contributed by atoms with Crippen LogP contribution in [0.5, 0.6) is 0 Å². The maximum absolute atomic E-state index is 10.0. The molecule has 0 radical (unpaired) electrons. The molecule has 1 spiro atoms. The van der Waals surface area contributed by atoms with Gasteiger partial charge in [-0.3, -0.25) is 0 Å². The summed E-state index contributed by atoms with van der Waals surface area (Å²) in [4.78, 5) is 0. The Morgan fingerprint density at radius 1 is 1.32 bits per heavy atom. The molecule has 0 aromatic heterocycles. The third kappa shape index (κ3) is 2.75. The van der Waals surface area contributed by atoms with E-state index in [4.69, 9.17) is 9.47 Å². The molecule has 0 aromatic rings. The zero-order valence-electron chi connectivity index (χ0n) is 10.6. The van der Waals surface area contributed by atoms with Crippen molar-refractivity contribution in [1.82, 2.24) is 0 Å². The van der Waals surface area contributed by atoms with E-state index in [1.54, 1.807) is 6.92 Å². The minimum Gasteiger partial charge on any atom is -0.460 e. The number of aliphatic hydroxyl groups excluding tert-OH is 3. The van der Waals surface area contributed by atoms with Crippen molar-refractivity contribution in [2.75, 3.05) is 6.61 Å². The molecule has 0 amide bonds. The highest BCUT2D eigenvalue weighted by Crippen LogP contribution is 2.40. The van der Waals surface area contributed by atoms with E-state index >= 15 is 0 Å². The van der Waals surface area contributed by atoms with Gasteiger partial charge in [-0.05, 0) is 25.2 Å². The molecule has 0 aromatic carbocycles. The summed E-state index contributed by atoms with van der Waals surface area (Å²) >= 11 is 0. The maximum atomic E-state index is 10.0. The van der Waals surface area contributed by atoms with Crippen molar-refractivity contribution in [3.8, 4) is 23.7 Å². The third-order valence-electron chi connectivity index (χ3n) is 3.15. The van der Waals surface area contributed by atoms with Gasteiger partial charge in [-0.1, -0.05) is 11.8 Å². The molecular formula is C14H16O5. The lowest BCUT2D eigenvalue weighted by molar-refractivity contribution is -0.272. The van der Waals surface area contributed by atoms with E-state index < -0.39 is 24.1 Å². The molecule has 102 valence electrons. The van der Waals surface area contributed by atoms with Crippen molar-refractivity contribution < 1.29 is 24.8 Å². The molecule has 3 N–H and O–H groups in total. The van der Waals surface area contributed by atoms with Crippen LogP contribution in [-0.2, 0) is 9.47 Å². The molecular weight excluding hydrogens is 248 g/mol. The van der Waals surface area contributed by atoms with E-state index in [0.29, 0.717) is 12.8 Å². The first kappa shape index (κ1) is 13.9. The highest BCUT2D eigenvalue weighted by atomic mass is 16.7. The predicted molar refractivity (Wildman–Crippen MR) is 66.3 cm³/mol. The zero-order valence-corrected chi connectivity index (χ0v) is 10.6. The lowest BCUT2D eigenvalue weighted by atomic mass is 9.97. The van der Waals surface area contributed by atoms with Gasteiger partial charge in [-0.2, -0.15) is 0 Å². The molecule has 2 rings (SSSR count). The molecule has 19 heavy (non-hydrogen) atoms. The Kier molecular flexibility index (Phi) is 4.14. The van der Waals surface area contributed by atoms with Crippen molar-refractivity contribution in [1.29, 1.82) is 0 Å². The largest absolute Gasteiger partial charge is 0.460 e. The average Bonchev–Trinajstić information content (AvgIpc) is 2.64. The smallest absolute Gasteiger partial charge is 0.239 e. The van der Waals surface area contributed by atoms with Crippen LogP contribution in [0, 0.1) is 23.7 Å². The normalized spacial score (nSPS) is 39.2. The second-order valence-corrected chi connectivity index (χ2v) is 4.50. The first-order valence-electron chi connectivity index (χ1n) is 6.08. The van der Waals surface area contributed by atoms with E-state index in [1.807, 2.05) is 0 Å². The van der Waals surface area contributed by atoms with E-state index in [2.05, 4.69) is 23.7 Å². The first-order valence-corrected chi connectivity index (χ1v) is 6.08. The van der Waals surface area contributed by atoms with Gasteiger partial charge < -0.3 is 24.8 Å². The Balaban J connectivity index is 2.14. The van der Waals surface area contributed by atoms with Crippen LogP contribution in [0.4, 0.5) is 0 Å². The average molecular weight is 264 g/mol. The number of rotatable bonds is 0. The Labute approximate surface area is 111 Å². The van der Waals surface area contributed by atoms with E-state index in [1.165, 1.54) is 6.08 Å². The Hall–Kier alpha value is -1.50. The number of ether oxygens (including phenoxy) is 2. The summed E-state index contributed by atoms with van der Waals surface area (Å²) in [6.07, 6.45) is -0.798. The minimum atomic E-state index is -1.28. The number of allylic oxidation sites excluding steroid dienone is 1. The number of hydrogen-bond donors (Lipinski definition) is 3. The third-order valence-corrected chi connectivity index (χ3v) is 3.15. The Morgan fingerprint density at radius 3 is 2.74 bits per heavy atom. The fourth-order valence-electron chi connectivity index (χ4n) is 2.11. The SMILES string of the molecule is CC#CC#C/C=C1/O[C@@]2(CC[C@H](O)CO2)[C@H](O)[C@H]1O. The molecule has 5 heteroatoms. The first-order chi connectivity index (χ1) is 9.09. The van der Waals surface area contributed by atoms with Crippen LogP contribution < -0.4 is 0 Å². The molecule has 0 unspecified atom stereocenters. The topological polar surface area (TPSA) is 79.2 Å². The number of hydrogen-bond acceptors (Lipinski definition) is 5. The minimum absolute atomic E-state index is 0.0735. The molecule has 4 atom stereocenters. The molecule has 2 fully saturated rings. The summed E-state index contributed by atoms with van der Waals surface area (Å²) in [5.74, 6) is 9.24. The highest BCUT2D eigenvalue weighted by Gasteiger charge is 2.55. The highest BCUT2D eigenvalue weighted by molar-refractivity contribution is 5.33. The van der Waals surface area contributed by atoms with Gasteiger partial charge in [0, 0.05) is 12.5 Å². The molecule has 0 bridgehead atoms. The van der Waals surface area contributed by atoms with Crippen molar-refractivity contribution in [3.05, 3.63) is 11.8 Å². The standard InChI is InChI=1S/C14H16O5/c1-2-3-4-5-6-11-12(16)13(17)14(19-11)8-7-10(15)9-18-14/h6,10,12-13,15-17H,7-9H2,1H3/b11-6+/t10-,12-,13+,14-/m0/s1. The second kappa shape index (κ2) is 5.64. The van der Waals surface area contributed by atoms with Gasteiger partial charge in [-0.25, -0.2) is 0 Å². The van der Waals surface area contributed by atoms with Crippen LogP contribution in [0.25, 0.3) is 0 Å². The van der Waals surface area contributed by atoms with Gasteiger partial charge in [0.2, 0.25) is 5.79 Å². The summed E-state index contributed by atoms with van der Waals surface area (Å²) in [5, 5.41) is 29.3. The van der Waals surface area contributed by atoms with Crippen molar-refractivity contribution >= 4 is 0 Å². The van der Waals surface area contributed by atoms with Crippen molar-refractivity contribution in [2.24, 2.45) is 0 Å². The molecule has 2 aliphatic rings. The van der Waals surface area contributed by atoms with Gasteiger partial charge in [0.05, 0.1) is 12.7 Å². The van der Waals surface area contributed by atoms with Gasteiger partial charge in [0.25, 0.3) is 0 Å². The van der Waals surface area contributed by atoms with Crippen LogP contribution in [-0.4, -0.2) is 46.0 Å². The summed E-state index contributed by atoms with van der Waals surface area (Å²) < 4.78 is 10.9. The lowest BCUT2D eigenvalue weighted by Crippen LogP contribution is -2.50. The molecule has 0 aliphatic carbocycles. The fourth-order valence-corrected chi connectivity index (χ4v) is 2.11. The Morgan fingerprint density at radius 2 is 2.11 bits per heavy atom.